The maximum Gasteiger partial charge on any atom is 0.107 e. The van der Waals surface area contributed by atoms with Gasteiger partial charge < -0.3 is 5.32 Å². The van der Waals surface area contributed by atoms with Crippen LogP contribution in [0.1, 0.15) is 29.0 Å². The van der Waals surface area contributed by atoms with Crippen molar-refractivity contribution in [3.8, 4) is 0 Å². The van der Waals surface area contributed by atoms with E-state index in [0.29, 0.717) is 0 Å². The van der Waals surface area contributed by atoms with Gasteiger partial charge in [-0.2, -0.15) is 0 Å². The standard InChI is InChI=1S/C14H14Br2ClNS/c1-3-18-13(12-7-11(16)14(17)19-12)10-6-9(15)5-4-8(10)2/h4-7,13,18H,3H2,1-2H3. The van der Waals surface area contributed by atoms with Crippen LogP contribution in [0.25, 0.3) is 0 Å². The first-order valence-electron chi connectivity index (χ1n) is 5.97. The number of hydrogen-bond acceptors (Lipinski definition) is 2. The molecule has 0 aliphatic rings. The van der Waals surface area contributed by atoms with E-state index < -0.39 is 0 Å². The van der Waals surface area contributed by atoms with Crippen molar-refractivity contribution in [2.45, 2.75) is 19.9 Å². The van der Waals surface area contributed by atoms with Crippen LogP contribution in [0, 0.1) is 6.92 Å². The van der Waals surface area contributed by atoms with Crippen LogP contribution in [0.2, 0.25) is 4.34 Å². The lowest BCUT2D eigenvalue weighted by Gasteiger charge is -2.19. The average molecular weight is 424 g/mol. The first kappa shape index (κ1) is 15.5. The Labute approximate surface area is 139 Å². The van der Waals surface area contributed by atoms with E-state index in [4.69, 9.17) is 11.6 Å². The molecular formula is C14H14Br2ClNS. The summed E-state index contributed by atoms with van der Waals surface area (Å²) >= 11 is 14.8. The van der Waals surface area contributed by atoms with Crippen LogP contribution < -0.4 is 5.32 Å². The minimum atomic E-state index is 0.177. The highest BCUT2D eigenvalue weighted by atomic mass is 79.9. The molecule has 1 atom stereocenters. The highest BCUT2D eigenvalue weighted by molar-refractivity contribution is 9.10. The predicted molar refractivity (Wildman–Crippen MR) is 91.4 cm³/mol. The number of nitrogens with one attached hydrogen (secondary N) is 1. The molecule has 0 bridgehead atoms. The molecule has 2 rings (SSSR count). The number of halogens is 3. The van der Waals surface area contributed by atoms with Gasteiger partial charge in [-0.25, -0.2) is 0 Å². The molecular weight excluding hydrogens is 409 g/mol. The van der Waals surface area contributed by atoms with Gasteiger partial charge in [0.15, 0.2) is 0 Å². The van der Waals surface area contributed by atoms with Crippen molar-refractivity contribution in [2.24, 2.45) is 0 Å². The Kier molecular flexibility index (Phi) is 5.49. The summed E-state index contributed by atoms with van der Waals surface area (Å²) in [5.41, 5.74) is 2.55. The summed E-state index contributed by atoms with van der Waals surface area (Å²) in [6, 6.07) is 8.65. The predicted octanol–water partition coefficient (Wildman–Crippen LogP) is 5.93. The van der Waals surface area contributed by atoms with Gasteiger partial charge in [0.1, 0.15) is 4.34 Å². The van der Waals surface area contributed by atoms with E-state index in [0.717, 1.165) is 19.8 Å². The van der Waals surface area contributed by atoms with E-state index in [2.05, 4.69) is 75.3 Å². The molecule has 1 nitrogen and oxygen atoms in total. The first-order chi connectivity index (χ1) is 9.02. The summed E-state index contributed by atoms with van der Waals surface area (Å²) in [6.07, 6.45) is 0. The van der Waals surface area contributed by atoms with E-state index >= 15 is 0 Å². The lowest BCUT2D eigenvalue weighted by atomic mass is 10.00. The van der Waals surface area contributed by atoms with Crippen LogP contribution in [0.4, 0.5) is 0 Å². The maximum absolute atomic E-state index is 6.17. The SMILES string of the molecule is CCNC(c1cc(Br)c(Cl)s1)c1cc(Br)ccc1C. The Morgan fingerprint density at radius 2 is 2.05 bits per heavy atom. The average Bonchev–Trinajstić information content (AvgIpc) is 2.70. The van der Waals surface area contributed by atoms with Crippen molar-refractivity contribution in [2.75, 3.05) is 6.54 Å². The minimum Gasteiger partial charge on any atom is -0.306 e. The van der Waals surface area contributed by atoms with Crippen LogP contribution in [-0.2, 0) is 0 Å². The Morgan fingerprint density at radius 1 is 1.32 bits per heavy atom. The molecule has 0 saturated carbocycles. The van der Waals surface area contributed by atoms with E-state index in [9.17, 15) is 0 Å². The summed E-state index contributed by atoms with van der Waals surface area (Å²) in [7, 11) is 0. The molecule has 0 saturated heterocycles. The summed E-state index contributed by atoms with van der Waals surface area (Å²) in [4.78, 5) is 1.22. The zero-order valence-electron chi connectivity index (χ0n) is 10.6. The van der Waals surface area contributed by atoms with Crippen LogP contribution >= 0.6 is 54.8 Å². The number of hydrogen-bond donors (Lipinski definition) is 1. The molecule has 0 spiro atoms. The van der Waals surface area contributed by atoms with Gasteiger partial charge in [-0.15, -0.1) is 11.3 Å². The Balaban J connectivity index is 2.47. The molecule has 0 radical (unpaired) electrons. The zero-order valence-corrected chi connectivity index (χ0v) is 15.4. The zero-order chi connectivity index (χ0) is 14.0. The van der Waals surface area contributed by atoms with E-state index in [1.54, 1.807) is 11.3 Å². The van der Waals surface area contributed by atoms with Gasteiger partial charge in [0, 0.05) is 13.8 Å². The largest absolute Gasteiger partial charge is 0.306 e. The van der Waals surface area contributed by atoms with Crippen molar-refractivity contribution in [3.05, 3.63) is 53.6 Å². The Bertz CT molecular complexity index is 563. The smallest absolute Gasteiger partial charge is 0.107 e. The van der Waals surface area contributed by atoms with Crippen molar-refractivity contribution in [1.29, 1.82) is 0 Å². The van der Waals surface area contributed by atoms with Crippen molar-refractivity contribution < 1.29 is 0 Å². The monoisotopic (exact) mass is 421 g/mol. The fraction of sp³-hybridized carbons (Fsp3) is 0.286. The molecule has 0 aliphatic carbocycles. The van der Waals surface area contributed by atoms with E-state index in [1.807, 2.05) is 0 Å². The quantitative estimate of drug-likeness (QED) is 0.642. The van der Waals surface area contributed by atoms with E-state index in [1.165, 1.54) is 16.0 Å². The van der Waals surface area contributed by atoms with Gasteiger partial charge in [-0.1, -0.05) is 40.5 Å². The van der Waals surface area contributed by atoms with Gasteiger partial charge >= 0.3 is 0 Å². The molecule has 0 fully saturated rings. The summed E-state index contributed by atoms with van der Waals surface area (Å²) < 4.78 is 2.85. The van der Waals surface area contributed by atoms with Gasteiger partial charge in [0.05, 0.1) is 6.04 Å². The highest BCUT2D eigenvalue weighted by Crippen LogP contribution is 2.38. The normalized spacial score (nSPS) is 12.7. The lowest BCUT2D eigenvalue weighted by Crippen LogP contribution is -2.21. The second kappa shape index (κ2) is 6.72. The second-order valence-corrected chi connectivity index (χ2v) is 7.72. The summed E-state index contributed by atoms with van der Waals surface area (Å²) in [6.45, 7) is 5.16. The topological polar surface area (TPSA) is 12.0 Å². The molecule has 1 unspecified atom stereocenters. The van der Waals surface area contributed by atoms with Crippen LogP contribution in [0.15, 0.2) is 33.2 Å². The summed E-state index contributed by atoms with van der Waals surface area (Å²) in [5, 5.41) is 3.53. The van der Waals surface area contributed by atoms with Crippen molar-refractivity contribution >= 4 is 54.8 Å². The molecule has 1 N–H and O–H groups in total. The molecule has 102 valence electrons. The van der Waals surface area contributed by atoms with Crippen LogP contribution in [-0.4, -0.2) is 6.54 Å². The number of aryl methyl sites for hydroxylation is 1. The number of thiophene rings is 1. The molecule has 1 aromatic heterocycles. The van der Waals surface area contributed by atoms with Crippen LogP contribution in [0.5, 0.6) is 0 Å². The third-order valence-corrected chi connectivity index (χ3v) is 5.94. The van der Waals surface area contributed by atoms with Gasteiger partial charge in [-0.05, 0) is 58.7 Å². The molecule has 1 heterocycles. The second-order valence-electron chi connectivity index (χ2n) is 4.26. The lowest BCUT2D eigenvalue weighted by molar-refractivity contribution is 0.636. The summed E-state index contributed by atoms with van der Waals surface area (Å²) in [5.74, 6) is 0. The molecule has 2 aromatic rings. The molecule has 1 aromatic carbocycles. The fourth-order valence-corrected chi connectivity index (χ4v) is 4.21. The minimum absolute atomic E-state index is 0.177. The van der Waals surface area contributed by atoms with Crippen LogP contribution in [0.3, 0.4) is 0 Å². The van der Waals surface area contributed by atoms with Gasteiger partial charge in [0.25, 0.3) is 0 Å². The van der Waals surface area contributed by atoms with Crippen molar-refractivity contribution in [3.63, 3.8) is 0 Å². The fourth-order valence-electron chi connectivity index (χ4n) is 2.00. The Hall–Kier alpha value is 0.130. The van der Waals surface area contributed by atoms with E-state index in [-0.39, 0.29) is 6.04 Å². The highest BCUT2D eigenvalue weighted by Gasteiger charge is 2.19. The third kappa shape index (κ3) is 3.61. The third-order valence-electron chi connectivity index (χ3n) is 2.91. The first-order valence-corrected chi connectivity index (χ1v) is 8.75. The number of rotatable bonds is 4. The molecule has 19 heavy (non-hydrogen) atoms. The molecule has 5 heteroatoms. The maximum atomic E-state index is 6.17. The molecule has 0 amide bonds. The number of benzene rings is 1. The Morgan fingerprint density at radius 3 is 2.63 bits per heavy atom. The van der Waals surface area contributed by atoms with Gasteiger partial charge in [0.2, 0.25) is 0 Å². The van der Waals surface area contributed by atoms with Crippen molar-refractivity contribution in [1.82, 2.24) is 5.32 Å². The van der Waals surface area contributed by atoms with Gasteiger partial charge in [-0.3, -0.25) is 0 Å². The molecule has 0 aliphatic heterocycles.